The number of carbonyl (C=O) groups is 2. The van der Waals surface area contributed by atoms with Gasteiger partial charge in [-0.05, 0) is 72.8 Å². The van der Waals surface area contributed by atoms with Crippen LogP contribution in [0.2, 0.25) is 20.1 Å². The number of aromatic nitrogens is 2. The minimum absolute atomic E-state index is 0.143. The molecule has 0 spiro atoms. The van der Waals surface area contributed by atoms with Crippen molar-refractivity contribution in [2.45, 2.75) is 0 Å². The molecule has 0 fully saturated rings. The van der Waals surface area contributed by atoms with Crippen molar-refractivity contribution in [3.8, 4) is 22.9 Å². The lowest BCUT2D eigenvalue weighted by molar-refractivity contribution is 0.0686. The Balaban J connectivity index is 0.000000161. The molecule has 0 aliphatic heterocycles. The quantitative estimate of drug-likeness (QED) is 0.201. The smallest absolute Gasteiger partial charge is 0.335 e. The molecule has 0 atom stereocenters. The molecular formula is C28H14Cl4N2O6. The average molecular weight is 616 g/mol. The van der Waals surface area contributed by atoms with Gasteiger partial charge in [0, 0.05) is 31.2 Å². The highest BCUT2D eigenvalue weighted by molar-refractivity contribution is 6.35. The van der Waals surface area contributed by atoms with Crippen molar-refractivity contribution < 1.29 is 28.6 Å². The van der Waals surface area contributed by atoms with Gasteiger partial charge >= 0.3 is 11.9 Å². The van der Waals surface area contributed by atoms with Crippen molar-refractivity contribution in [3.63, 3.8) is 0 Å². The summed E-state index contributed by atoms with van der Waals surface area (Å²) in [4.78, 5) is 30.4. The maximum absolute atomic E-state index is 10.9. The van der Waals surface area contributed by atoms with Gasteiger partial charge in [-0.3, -0.25) is 0 Å². The number of carboxylic acids is 2. The van der Waals surface area contributed by atoms with Crippen molar-refractivity contribution >= 4 is 80.5 Å². The third-order valence-electron chi connectivity index (χ3n) is 5.49. The maximum atomic E-state index is 10.9. The minimum Gasteiger partial charge on any atom is -0.478 e. The first-order valence-electron chi connectivity index (χ1n) is 11.3. The molecule has 6 aromatic rings. The third-order valence-corrected chi connectivity index (χ3v) is 6.36. The van der Waals surface area contributed by atoms with E-state index < -0.39 is 11.9 Å². The Labute approximate surface area is 245 Å². The molecular weight excluding hydrogens is 602 g/mol. The predicted molar refractivity (Wildman–Crippen MR) is 153 cm³/mol. The van der Waals surface area contributed by atoms with Crippen LogP contribution in [0, 0.1) is 0 Å². The number of benzene rings is 4. The summed E-state index contributed by atoms with van der Waals surface area (Å²) in [7, 11) is 0. The summed E-state index contributed by atoms with van der Waals surface area (Å²) in [5.74, 6) is -1.36. The minimum atomic E-state index is -1.02. The molecule has 0 bridgehead atoms. The Bertz CT molecular complexity index is 1750. The Morgan fingerprint density at radius 2 is 0.900 bits per heavy atom. The maximum Gasteiger partial charge on any atom is 0.335 e. The fourth-order valence-electron chi connectivity index (χ4n) is 3.72. The SMILES string of the molecule is O=C(O)c1ccc2nc(-c3cc(Cl)cc(Cl)c3)oc2c1.O=C(O)c1ccc2nc(-c3cc(Cl)cc(Cl)c3)oc2c1. The number of fused-ring (bicyclic) bond motifs is 2. The topological polar surface area (TPSA) is 127 Å². The van der Waals surface area contributed by atoms with Crippen molar-refractivity contribution in [3.05, 3.63) is 104 Å². The van der Waals surface area contributed by atoms with Crippen LogP contribution in [0.3, 0.4) is 0 Å². The summed E-state index contributed by atoms with van der Waals surface area (Å²) in [5.41, 5.74) is 3.49. The molecule has 0 aliphatic carbocycles. The zero-order valence-electron chi connectivity index (χ0n) is 19.9. The number of carboxylic acid groups (broad SMARTS) is 2. The first kappa shape index (κ1) is 27.5. The lowest BCUT2D eigenvalue weighted by atomic mass is 10.2. The first-order chi connectivity index (χ1) is 19.0. The standard InChI is InChI=1S/2C14H7Cl2NO3/c2*15-9-3-8(4-10(16)6-9)13-17-11-2-1-7(14(18)19)5-12(11)20-13/h2*1-6H,(H,18,19). The van der Waals surface area contributed by atoms with Gasteiger partial charge in [0.25, 0.3) is 0 Å². The highest BCUT2D eigenvalue weighted by atomic mass is 35.5. The van der Waals surface area contributed by atoms with Gasteiger partial charge in [-0.1, -0.05) is 46.4 Å². The first-order valence-corrected chi connectivity index (χ1v) is 12.8. The number of hydrogen-bond donors (Lipinski definition) is 2. The summed E-state index contributed by atoms with van der Waals surface area (Å²) < 4.78 is 11.1. The Morgan fingerprint density at radius 1 is 0.550 bits per heavy atom. The van der Waals surface area contributed by atoms with E-state index in [4.69, 9.17) is 65.5 Å². The number of oxazole rings is 2. The molecule has 0 amide bonds. The monoisotopic (exact) mass is 614 g/mol. The Morgan fingerprint density at radius 3 is 1.23 bits per heavy atom. The van der Waals surface area contributed by atoms with Gasteiger partial charge in [-0.2, -0.15) is 0 Å². The molecule has 0 saturated carbocycles. The predicted octanol–water partition coefficient (Wildman–Crippen LogP) is 9.00. The van der Waals surface area contributed by atoms with Gasteiger partial charge in [-0.25, -0.2) is 19.6 Å². The number of nitrogens with zero attached hydrogens (tertiary/aromatic N) is 2. The van der Waals surface area contributed by atoms with Gasteiger partial charge in [0.05, 0.1) is 11.1 Å². The fraction of sp³-hybridized carbons (Fsp3) is 0. The molecule has 4 aromatic carbocycles. The third kappa shape index (κ3) is 6.05. The highest BCUT2D eigenvalue weighted by Gasteiger charge is 2.13. The molecule has 6 rings (SSSR count). The number of hydrogen-bond acceptors (Lipinski definition) is 6. The Kier molecular flexibility index (Phi) is 7.69. The van der Waals surface area contributed by atoms with Gasteiger partial charge < -0.3 is 19.0 Å². The summed E-state index contributed by atoms with van der Waals surface area (Å²) >= 11 is 23.7. The molecule has 0 saturated heterocycles. The van der Waals surface area contributed by atoms with Crippen LogP contribution in [-0.4, -0.2) is 32.1 Å². The van der Waals surface area contributed by atoms with E-state index in [-0.39, 0.29) is 11.1 Å². The van der Waals surface area contributed by atoms with Crippen molar-refractivity contribution in [2.75, 3.05) is 0 Å². The molecule has 2 aromatic heterocycles. The van der Waals surface area contributed by atoms with Gasteiger partial charge in [-0.15, -0.1) is 0 Å². The normalized spacial score (nSPS) is 10.9. The van der Waals surface area contributed by atoms with E-state index in [1.165, 1.54) is 24.3 Å². The lowest BCUT2D eigenvalue weighted by Gasteiger charge is -1.97. The summed E-state index contributed by atoms with van der Waals surface area (Å²) in [5, 5.41) is 19.8. The molecule has 0 unspecified atom stereocenters. The molecule has 2 heterocycles. The van der Waals surface area contributed by atoms with E-state index in [2.05, 4.69) is 9.97 Å². The lowest BCUT2D eigenvalue weighted by Crippen LogP contribution is -1.94. The second-order valence-corrected chi connectivity index (χ2v) is 10.1. The van der Waals surface area contributed by atoms with Crippen LogP contribution in [-0.2, 0) is 0 Å². The largest absolute Gasteiger partial charge is 0.478 e. The zero-order valence-corrected chi connectivity index (χ0v) is 22.9. The molecule has 40 heavy (non-hydrogen) atoms. The highest BCUT2D eigenvalue weighted by Crippen LogP contribution is 2.31. The van der Waals surface area contributed by atoms with Crippen LogP contribution in [0.1, 0.15) is 20.7 Å². The molecule has 8 nitrogen and oxygen atoms in total. The van der Waals surface area contributed by atoms with Crippen molar-refractivity contribution in [2.24, 2.45) is 0 Å². The van der Waals surface area contributed by atoms with Crippen LogP contribution < -0.4 is 0 Å². The Hall–Kier alpha value is -4.08. The van der Waals surface area contributed by atoms with E-state index in [9.17, 15) is 9.59 Å². The van der Waals surface area contributed by atoms with Crippen molar-refractivity contribution in [1.29, 1.82) is 0 Å². The van der Waals surface area contributed by atoms with Gasteiger partial charge in [0.15, 0.2) is 11.2 Å². The number of aromatic carboxylic acids is 2. The molecule has 0 aliphatic rings. The number of rotatable bonds is 4. The van der Waals surface area contributed by atoms with Crippen LogP contribution in [0.4, 0.5) is 0 Å². The molecule has 0 radical (unpaired) electrons. The zero-order chi connectivity index (χ0) is 28.6. The van der Waals surface area contributed by atoms with Crippen LogP contribution in [0.25, 0.3) is 45.1 Å². The van der Waals surface area contributed by atoms with E-state index >= 15 is 0 Å². The van der Waals surface area contributed by atoms with Gasteiger partial charge in [0.2, 0.25) is 11.8 Å². The molecule has 12 heteroatoms. The van der Waals surface area contributed by atoms with Crippen LogP contribution >= 0.6 is 46.4 Å². The van der Waals surface area contributed by atoms with Crippen molar-refractivity contribution in [1.82, 2.24) is 9.97 Å². The molecule has 2 N–H and O–H groups in total. The van der Waals surface area contributed by atoms with E-state index in [1.54, 1.807) is 48.5 Å². The number of halogens is 4. The summed E-state index contributed by atoms with van der Waals surface area (Å²) in [6, 6.07) is 18.9. The van der Waals surface area contributed by atoms with Gasteiger partial charge in [0.1, 0.15) is 11.0 Å². The van der Waals surface area contributed by atoms with Crippen LogP contribution in [0.15, 0.2) is 81.6 Å². The second kappa shape index (κ2) is 11.2. The second-order valence-electron chi connectivity index (χ2n) is 8.33. The summed E-state index contributed by atoms with van der Waals surface area (Å²) in [6.45, 7) is 0. The molecule has 200 valence electrons. The van der Waals surface area contributed by atoms with E-state index in [0.29, 0.717) is 65.2 Å². The fourth-order valence-corrected chi connectivity index (χ4v) is 4.77. The average Bonchev–Trinajstić information content (AvgIpc) is 3.51. The van der Waals surface area contributed by atoms with Crippen LogP contribution in [0.5, 0.6) is 0 Å². The van der Waals surface area contributed by atoms with E-state index in [0.717, 1.165) is 0 Å². The van der Waals surface area contributed by atoms with E-state index in [1.807, 2.05) is 0 Å². The summed E-state index contributed by atoms with van der Waals surface area (Å²) in [6.07, 6.45) is 0.